The number of halogens is 2. The van der Waals surface area contributed by atoms with Crippen molar-refractivity contribution in [3.8, 4) is 5.75 Å². The van der Waals surface area contributed by atoms with Gasteiger partial charge >= 0.3 is 0 Å². The fraction of sp³-hybridized carbons (Fsp3) is 0.167. The van der Waals surface area contributed by atoms with Crippen molar-refractivity contribution in [2.75, 3.05) is 17.2 Å². The lowest BCUT2D eigenvalue weighted by Crippen LogP contribution is -2.14. The lowest BCUT2D eigenvalue weighted by Gasteiger charge is -2.10. The van der Waals surface area contributed by atoms with Crippen molar-refractivity contribution >= 4 is 46.4 Å². The Balaban J connectivity index is 1.43. The second kappa shape index (κ2) is 10.8. The maximum Gasteiger partial charge on any atom is 0.255 e. The van der Waals surface area contributed by atoms with Crippen LogP contribution in [0.4, 0.5) is 11.4 Å². The molecule has 0 aliphatic heterocycles. The van der Waals surface area contributed by atoms with Crippen LogP contribution < -0.4 is 15.4 Å². The zero-order chi connectivity index (χ0) is 22.2. The van der Waals surface area contributed by atoms with Gasteiger partial charge < -0.3 is 15.4 Å². The van der Waals surface area contributed by atoms with Gasteiger partial charge in [-0.3, -0.25) is 9.59 Å². The average Bonchev–Trinajstić information content (AvgIpc) is 2.74. The zero-order valence-electron chi connectivity index (χ0n) is 17.0. The van der Waals surface area contributed by atoms with Crippen LogP contribution in [0.5, 0.6) is 5.75 Å². The summed E-state index contributed by atoms with van der Waals surface area (Å²) in [6, 6.07) is 19.4. The molecule has 0 aromatic heterocycles. The van der Waals surface area contributed by atoms with Crippen molar-refractivity contribution in [1.82, 2.24) is 0 Å². The van der Waals surface area contributed by atoms with Crippen LogP contribution in [0.3, 0.4) is 0 Å². The van der Waals surface area contributed by atoms with Crippen molar-refractivity contribution in [3.63, 3.8) is 0 Å². The Hall–Kier alpha value is -3.02. The Bertz CT molecular complexity index is 1070. The van der Waals surface area contributed by atoms with E-state index in [4.69, 9.17) is 27.9 Å². The Morgan fingerprint density at radius 1 is 0.903 bits per heavy atom. The Morgan fingerprint density at radius 3 is 2.26 bits per heavy atom. The smallest absolute Gasteiger partial charge is 0.255 e. The fourth-order valence-corrected chi connectivity index (χ4v) is 3.36. The predicted octanol–water partition coefficient (Wildman–Crippen LogP) is 6.35. The molecule has 3 rings (SSSR count). The molecule has 0 heterocycles. The highest BCUT2D eigenvalue weighted by Crippen LogP contribution is 2.27. The molecule has 160 valence electrons. The molecule has 3 aromatic carbocycles. The van der Waals surface area contributed by atoms with E-state index in [-0.39, 0.29) is 11.8 Å². The van der Waals surface area contributed by atoms with E-state index >= 15 is 0 Å². The third kappa shape index (κ3) is 6.74. The van der Waals surface area contributed by atoms with E-state index < -0.39 is 0 Å². The van der Waals surface area contributed by atoms with Gasteiger partial charge in [-0.1, -0.05) is 41.4 Å². The Morgan fingerprint density at radius 2 is 1.58 bits per heavy atom. The molecule has 0 radical (unpaired) electrons. The molecule has 0 spiro atoms. The number of carbonyl (C=O) groups excluding carboxylic acids is 2. The number of hydrogen-bond acceptors (Lipinski definition) is 3. The molecule has 3 aromatic rings. The number of hydrogen-bond donors (Lipinski definition) is 2. The van der Waals surface area contributed by atoms with Gasteiger partial charge in [-0.05, 0) is 67.4 Å². The normalized spacial score (nSPS) is 10.4. The lowest BCUT2D eigenvalue weighted by molar-refractivity contribution is -0.116. The van der Waals surface area contributed by atoms with Crippen LogP contribution in [0.15, 0.2) is 66.7 Å². The van der Waals surface area contributed by atoms with Crippen LogP contribution in [0.25, 0.3) is 0 Å². The van der Waals surface area contributed by atoms with Crippen LogP contribution in [-0.4, -0.2) is 18.4 Å². The Labute approximate surface area is 191 Å². The average molecular weight is 457 g/mol. The van der Waals surface area contributed by atoms with Gasteiger partial charge in [-0.25, -0.2) is 0 Å². The molecule has 7 heteroatoms. The largest absolute Gasteiger partial charge is 0.492 e. The van der Waals surface area contributed by atoms with Gasteiger partial charge in [0, 0.05) is 28.4 Å². The highest BCUT2D eigenvalue weighted by Gasteiger charge is 2.09. The summed E-state index contributed by atoms with van der Waals surface area (Å²) >= 11 is 11.9. The second-order valence-electron chi connectivity index (χ2n) is 6.92. The minimum absolute atomic E-state index is 0.123. The van der Waals surface area contributed by atoms with E-state index in [1.54, 1.807) is 48.5 Å². The summed E-state index contributed by atoms with van der Waals surface area (Å²) in [4.78, 5) is 24.5. The number of aryl methyl sites for hydroxylation is 1. The third-order valence-corrected chi connectivity index (χ3v) is 5.05. The number of rotatable bonds is 8. The first-order valence-electron chi connectivity index (χ1n) is 9.77. The monoisotopic (exact) mass is 456 g/mol. The first-order chi connectivity index (χ1) is 14.9. The van der Waals surface area contributed by atoms with Crippen LogP contribution in [0, 0.1) is 6.92 Å². The number of ether oxygens (including phenoxy) is 1. The molecular weight excluding hydrogens is 435 g/mol. The van der Waals surface area contributed by atoms with E-state index in [1.807, 2.05) is 25.1 Å². The highest BCUT2D eigenvalue weighted by molar-refractivity contribution is 6.35. The highest BCUT2D eigenvalue weighted by atomic mass is 35.5. The molecule has 0 saturated heterocycles. The molecule has 2 N–H and O–H groups in total. The van der Waals surface area contributed by atoms with E-state index in [2.05, 4.69) is 10.6 Å². The predicted molar refractivity (Wildman–Crippen MR) is 125 cm³/mol. The molecule has 0 atom stereocenters. The van der Waals surface area contributed by atoms with Crippen LogP contribution in [-0.2, 0) is 4.79 Å². The number of anilines is 2. The van der Waals surface area contributed by atoms with Crippen molar-refractivity contribution in [3.05, 3.63) is 87.9 Å². The molecule has 2 amide bonds. The summed E-state index contributed by atoms with van der Waals surface area (Å²) in [5.74, 6) is 0.244. The number of benzene rings is 3. The number of carbonyl (C=O) groups is 2. The van der Waals surface area contributed by atoms with Gasteiger partial charge in [-0.15, -0.1) is 0 Å². The second-order valence-corrected chi connectivity index (χ2v) is 7.76. The van der Waals surface area contributed by atoms with Gasteiger partial charge in [0.05, 0.1) is 11.6 Å². The van der Waals surface area contributed by atoms with Gasteiger partial charge in [0.1, 0.15) is 5.75 Å². The fourth-order valence-electron chi connectivity index (χ4n) is 2.89. The zero-order valence-corrected chi connectivity index (χ0v) is 18.5. The summed E-state index contributed by atoms with van der Waals surface area (Å²) in [7, 11) is 0. The molecule has 0 fully saturated rings. The minimum Gasteiger partial charge on any atom is -0.492 e. The van der Waals surface area contributed by atoms with Crippen molar-refractivity contribution < 1.29 is 14.3 Å². The van der Waals surface area contributed by atoms with Crippen molar-refractivity contribution in [2.45, 2.75) is 19.8 Å². The van der Waals surface area contributed by atoms with E-state index in [9.17, 15) is 9.59 Å². The first-order valence-corrected chi connectivity index (χ1v) is 10.5. The first kappa shape index (κ1) is 22.7. The van der Waals surface area contributed by atoms with E-state index in [0.29, 0.717) is 52.2 Å². The quantitative estimate of drug-likeness (QED) is 0.387. The molecule has 0 bridgehead atoms. The molecule has 0 aliphatic carbocycles. The number of nitrogens with one attached hydrogen (secondary N) is 2. The topological polar surface area (TPSA) is 67.4 Å². The van der Waals surface area contributed by atoms with Crippen LogP contribution in [0.2, 0.25) is 10.0 Å². The third-order valence-electron chi connectivity index (χ3n) is 4.52. The molecular formula is C24H22Cl2N2O3. The van der Waals surface area contributed by atoms with Crippen LogP contribution >= 0.6 is 23.2 Å². The van der Waals surface area contributed by atoms with Gasteiger partial charge in [0.15, 0.2) is 0 Å². The molecule has 31 heavy (non-hydrogen) atoms. The van der Waals surface area contributed by atoms with Crippen LogP contribution in [0.1, 0.15) is 28.8 Å². The standard InChI is InChI=1S/C24H22Cl2N2O3/c1-16-5-2-3-6-20(16)24(30)28-19-11-9-18(10-12-19)27-23(29)7-4-14-31-22-13-8-17(25)15-21(22)26/h2-3,5-6,8-13,15H,4,7,14H2,1H3,(H,27,29)(H,28,30). The van der Waals surface area contributed by atoms with E-state index in [0.717, 1.165) is 5.56 Å². The number of amides is 2. The van der Waals surface area contributed by atoms with Crippen molar-refractivity contribution in [1.29, 1.82) is 0 Å². The summed E-state index contributed by atoms with van der Waals surface area (Å²) in [6.07, 6.45) is 0.840. The lowest BCUT2D eigenvalue weighted by atomic mass is 10.1. The van der Waals surface area contributed by atoms with Crippen molar-refractivity contribution in [2.24, 2.45) is 0 Å². The van der Waals surface area contributed by atoms with Gasteiger partial charge in [0.25, 0.3) is 5.91 Å². The van der Waals surface area contributed by atoms with Gasteiger partial charge in [-0.2, -0.15) is 0 Å². The Kier molecular flexibility index (Phi) is 7.93. The SMILES string of the molecule is Cc1ccccc1C(=O)Nc1ccc(NC(=O)CCCOc2ccc(Cl)cc2Cl)cc1. The maximum atomic E-state index is 12.4. The summed E-state index contributed by atoms with van der Waals surface area (Å²) in [6.45, 7) is 2.25. The van der Waals surface area contributed by atoms with Gasteiger partial charge in [0.2, 0.25) is 5.91 Å². The summed E-state index contributed by atoms with van der Waals surface area (Å²) in [5, 5.41) is 6.66. The molecule has 0 unspecified atom stereocenters. The summed E-state index contributed by atoms with van der Waals surface area (Å²) < 4.78 is 5.58. The molecule has 0 aliphatic rings. The molecule has 0 saturated carbocycles. The minimum atomic E-state index is -0.171. The van der Waals surface area contributed by atoms with E-state index in [1.165, 1.54) is 0 Å². The maximum absolute atomic E-state index is 12.4. The molecule has 5 nitrogen and oxygen atoms in total. The summed E-state index contributed by atoms with van der Waals surface area (Å²) in [5.41, 5.74) is 2.84.